The van der Waals surface area contributed by atoms with Crippen molar-refractivity contribution < 1.29 is 18.0 Å². The molecule has 1 aromatic carbocycles. The van der Waals surface area contributed by atoms with E-state index in [9.17, 15) is 18.0 Å². The Bertz CT molecular complexity index is 988. The SMILES string of the molecule is Cc1ccccc1NC(=O)c1cncc(C(=O)N(C)C2CCS(=O)(=O)C2)c1. The number of rotatable bonds is 4. The number of sulfone groups is 1. The van der Waals surface area contributed by atoms with Gasteiger partial charge in [-0.1, -0.05) is 18.2 Å². The van der Waals surface area contributed by atoms with E-state index >= 15 is 0 Å². The van der Waals surface area contributed by atoms with Gasteiger partial charge in [0, 0.05) is 31.2 Å². The summed E-state index contributed by atoms with van der Waals surface area (Å²) in [6, 6.07) is 8.51. The lowest BCUT2D eigenvalue weighted by Gasteiger charge is -2.23. The molecule has 1 N–H and O–H groups in total. The molecule has 2 heterocycles. The summed E-state index contributed by atoms with van der Waals surface area (Å²) in [5, 5.41) is 2.80. The maximum atomic E-state index is 12.7. The normalized spacial score (nSPS) is 18.1. The highest BCUT2D eigenvalue weighted by atomic mass is 32.2. The molecule has 1 aliphatic rings. The smallest absolute Gasteiger partial charge is 0.257 e. The van der Waals surface area contributed by atoms with Crippen LogP contribution in [0.4, 0.5) is 5.69 Å². The highest BCUT2D eigenvalue weighted by molar-refractivity contribution is 7.91. The van der Waals surface area contributed by atoms with Crippen LogP contribution in [-0.4, -0.2) is 54.7 Å². The Morgan fingerprint density at radius 1 is 1.19 bits per heavy atom. The van der Waals surface area contributed by atoms with Gasteiger partial charge in [-0.25, -0.2) is 8.42 Å². The van der Waals surface area contributed by atoms with Crippen LogP contribution in [0.5, 0.6) is 0 Å². The summed E-state index contributed by atoms with van der Waals surface area (Å²) in [5.74, 6) is -0.657. The largest absolute Gasteiger partial charge is 0.338 e. The van der Waals surface area contributed by atoms with E-state index in [1.807, 2.05) is 25.1 Å². The Labute approximate surface area is 158 Å². The number of hydrogen-bond donors (Lipinski definition) is 1. The zero-order valence-corrected chi connectivity index (χ0v) is 16.0. The number of nitrogens with one attached hydrogen (secondary N) is 1. The van der Waals surface area contributed by atoms with Crippen molar-refractivity contribution in [3.63, 3.8) is 0 Å². The summed E-state index contributed by atoms with van der Waals surface area (Å²) in [4.78, 5) is 30.6. The summed E-state index contributed by atoms with van der Waals surface area (Å²) >= 11 is 0. The first kappa shape index (κ1) is 19.0. The molecule has 0 aliphatic carbocycles. The minimum Gasteiger partial charge on any atom is -0.338 e. The number of benzene rings is 1. The Morgan fingerprint density at radius 3 is 2.56 bits per heavy atom. The van der Waals surface area contributed by atoms with Gasteiger partial charge in [0.05, 0.1) is 22.6 Å². The van der Waals surface area contributed by atoms with Crippen LogP contribution in [0.15, 0.2) is 42.7 Å². The lowest BCUT2D eigenvalue weighted by atomic mass is 10.1. The zero-order chi connectivity index (χ0) is 19.6. The number of para-hydroxylation sites is 1. The third kappa shape index (κ3) is 4.33. The first-order chi connectivity index (χ1) is 12.8. The second kappa shape index (κ2) is 7.48. The van der Waals surface area contributed by atoms with Crippen molar-refractivity contribution in [3.05, 3.63) is 59.4 Å². The molecular weight excluding hydrogens is 366 g/mol. The first-order valence-corrected chi connectivity index (χ1v) is 10.4. The van der Waals surface area contributed by atoms with Crippen LogP contribution in [0.3, 0.4) is 0 Å². The number of anilines is 1. The molecular formula is C19H21N3O4S. The van der Waals surface area contributed by atoms with E-state index in [-0.39, 0.29) is 40.5 Å². The summed E-state index contributed by atoms with van der Waals surface area (Å²) in [5.41, 5.74) is 2.12. The van der Waals surface area contributed by atoms with E-state index in [4.69, 9.17) is 0 Å². The second-order valence-corrected chi connectivity index (χ2v) is 8.93. The second-order valence-electron chi connectivity index (χ2n) is 6.70. The average Bonchev–Trinajstić information content (AvgIpc) is 3.02. The summed E-state index contributed by atoms with van der Waals surface area (Å²) < 4.78 is 23.3. The number of aryl methyl sites for hydroxylation is 1. The maximum absolute atomic E-state index is 12.7. The molecule has 0 bridgehead atoms. The lowest BCUT2D eigenvalue weighted by Crippen LogP contribution is -2.38. The molecule has 7 nitrogen and oxygen atoms in total. The quantitative estimate of drug-likeness (QED) is 0.864. The van der Waals surface area contributed by atoms with Crippen molar-refractivity contribution in [2.75, 3.05) is 23.9 Å². The van der Waals surface area contributed by atoms with Crippen molar-refractivity contribution in [3.8, 4) is 0 Å². The molecule has 3 rings (SSSR count). The third-order valence-corrected chi connectivity index (χ3v) is 6.47. The van der Waals surface area contributed by atoms with Gasteiger partial charge in [-0.3, -0.25) is 14.6 Å². The van der Waals surface area contributed by atoms with Crippen molar-refractivity contribution in [2.45, 2.75) is 19.4 Å². The average molecular weight is 387 g/mol. The molecule has 27 heavy (non-hydrogen) atoms. The van der Waals surface area contributed by atoms with Crippen molar-refractivity contribution in [2.24, 2.45) is 0 Å². The minimum atomic E-state index is -3.09. The predicted molar refractivity (Wildman–Crippen MR) is 103 cm³/mol. The molecule has 1 atom stereocenters. The van der Waals surface area contributed by atoms with E-state index in [0.717, 1.165) is 5.56 Å². The highest BCUT2D eigenvalue weighted by Gasteiger charge is 2.33. The van der Waals surface area contributed by atoms with Crippen LogP contribution in [0, 0.1) is 6.92 Å². The standard InChI is InChI=1S/C19H21N3O4S/c1-13-5-3-4-6-17(13)21-18(23)14-9-15(11-20-10-14)19(24)22(2)16-7-8-27(25,26)12-16/h3-6,9-11,16H,7-8,12H2,1-2H3,(H,21,23). The maximum Gasteiger partial charge on any atom is 0.257 e. The van der Waals surface area contributed by atoms with Crippen LogP contribution in [-0.2, 0) is 9.84 Å². The molecule has 1 unspecified atom stereocenters. The molecule has 0 saturated carbocycles. The van der Waals surface area contributed by atoms with Gasteiger partial charge in [0.2, 0.25) is 0 Å². The highest BCUT2D eigenvalue weighted by Crippen LogP contribution is 2.19. The zero-order valence-electron chi connectivity index (χ0n) is 15.2. The van der Waals surface area contributed by atoms with Crippen LogP contribution in [0.25, 0.3) is 0 Å². The van der Waals surface area contributed by atoms with Gasteiger partial charge in [-0.2, -0.15) is 0 Å². The molecule has 0 spiro atoms. The number of amides is 2. The molecule has 142 valence electrons. The number of nitrogens with zero attached hydrogens (tertiary/aromatic N) is 2. The van der Waals surface area contributed by atoms with Crippen molar-refractivity contribution >= 4 is 27.3 Å². The number of pyridine rings is 1. The van der Waals surface area contributed by atoms with Gasteiger partial charge in [-0.15, -0.1) is 0 Å². The summed E-state index contributed by atoms with van der Waals surface area (Å²) in [6.45, 7) is 1.89. The number of carbonyl (C=O) groups excluding carboxylic acids is 2. The topological polar surface area (TPSA) is 96.4 Å². The predicted octanol–water partition coefficient (Wildman–Crippen LogP) is 1.90. The lowest BCUT2D eigenvalue weighted by molar-refractivity contribution is 0.0747. The van der Waals surface area contributed by atoms with Gasteiger partial charge < -0.3 is 10.2 Å². The number of hydrogen-bond acceptors (Lipinski definition) is 5. The van der Waals surface area contributed by atoms with Gasteiger partial charge >= 0.3 is 0 Å². The Hall–Kier alpha value is -2.74. The van der Waals surface area contributed by atoms with E-state index in [0.29, 0.717) is 12.1 Å². The Kier molecular flexibility index (Phi) is 5.27. The van der Waals surface area contributed by atoms with Crippen LogP contribution < -0.4 is 5.32 Å². The monoisotopic (exact) mass is 387 g/mol. The number of aromatic nitrogens is 1. The van der Waals surface area contributed by atoms with E-state index in [1.54, 1.807) is 13.1 Å². The minimum absolute atomic E-state index is 0.0316. The summed E-state index contributed by atoms with van der Waals surface area (Å²) in [7, 11) is -1.51. The van der Waals surface area contributed by atoms with Crippen LogP contribution in [0.2, 0.25) is 0 Å². The number of carbonyl (C=O) groups is 2. The van der Waals surface area contributed by atoms with Gasteiger partial charge in [0.25, 0.3) is 11.8 Å². The first-order valence-electron chi connectivity index (χ1n) is 8.56. The molecule has 2 amide bonds. The van der Waals surface area contributed by atoms with Crippen LogP contribution in [0.1, 0.15) is 32.7 Å². The van der Waals surface area contributed by atoms with Crippen LogP contribution >= 0.6 is 0 Å². The Morgan fingerprint density at radius 2 is 1.89 bits per heavy atom. The molecule has 1 fully saturated rings. The summed E-state index contributed by atoms with van der Waals surface area (Å²) in [6.07, 6.45) is 3.20. The third-order valence-electron chi connectivity index (χ3n) is 4.72. The Balaban J connectivity index is 1.76. The fraction of sp³-hybridized carbons (Fsp3) is 0.316. The van der Waals surface area contributed by atoms with Crippen molar-refractivity contribution in [1.29, 1.82) is 0 Å². The molecule has 0 radical (unpaired) electrons. The van der Waals surface area contributed by atoms with Crippen molar-refractivity contribution in [1.82, 2.24) is 9.88 Å². The van der Waals surface area contributed by atoms with Gasteiger partial charge in [0.1, 0.15) is 0 Å². The molecule has 8 heteroatoms. The fourth-order valence-electron chi connectivity index (χ4n) is 3.04. The van der Waals surface area contributed by atoms with Gasteiger partial charge in [-0.05, 0) is 31.0 Å². The molecule has 1 aromatic heterocycles. The molecule has 2 aromatic rings. The van der Waals surface area contributed by atoms with Gasteiger partial charge in [0.15, 0.2) is 9.84 Å². The molecule has 1 saturated heterocycles. The fourth-order valence-corrected chi connectivity index (χ4v) is 4.81. The van der Waals surface area contributed by atoms with E-state index < -0.39 is 9.84 Å². The van der Waals surface area contributed by atoms with E-state index in [1.165, 1.54) is 23.4 Å². The van der Waals surface area contributed by atoms with E-state index in [2.05, 4.69) is 10.3 Å². The molecule has 1 aliphatic heterocycles.